The summed E-state index contributed by atoms with van der Waals surface area (Å²) in [6.45, 7) is 2.24. The van der Waals surface area contributed by atoms with Gasteiger partial charge < -0.3 is 10.2 Å². The van der Waals surface area contributed by atoms with Crippen LogP contribution in [-0.2, 0) is 0 Å². The molecule has 1 aromatic rings. The minimum Gasteiger partial charge on any atom is -0.507 e. The van der Waals surface area contributed by atoms with Crippen molar-refractivity contribution in [1.29, 1.82) is 0 Å². The summed E-state index contributed by atoms with van der Waals surface area (Å²) in [7, 11) is 0. The molecule has 0 aliphatic heterocycles. The fraction of sp³-hybridized carbons (Fsp3) is 0.571. The highest BCUT2D eigenvalue weighted by Gasteiger charge is 2.13. The monoisotopic (exact) mass is 330 g/mol. The number of unbranched alkanes of at least 4 members (excludes halogenated alkanes) is 10. The topological polar surface area (TPSA) is 57.5 Å². The van der Waals surface area contributed by atoms with E-state index in [1.54, 1.807) is 12.1 Å². The van der Waals surface area contributed by atoms with Crippen LogP contribution in [0.2, 0.25) is 0 Å². The molecule has 3 heteroatoms. The molecule has 1 aromatic carbocycles. The van der Waals surface area contributed by atoms with Gasteiger partial charge in [0.25, 0.3) is 0 Å². The van der Waals surface area contributed by atoms with E-state index in [-0.39, 0.29) is 11.3 Å². The van der Waals surface area contributed by atoms with Crippen LogP contribution in [0.1, 0.15) is 93.5 Å². The number of phenols is 1. The number of aromatic hydroxyl groups is 1. The minimum atomic E-state index is -1.14. The van der Waals surface area contributed by atoms with E-state index in [9.17, 15) is 9.90 Å². The molecule has 0 radical (unpaired) electrons. The van der Waals surface area contributed by atoms with E-state index in [1.807, 2.05) is 0 Å². The van der Waals surface area contributed by atoms with Gasteiger partial charge in [0, 0.05) is 12.0 Å². The minimum absolute atomic E-state index is 0.104. The van der Waals surface area contributed by atoms with Gasteiger partial charge in [-0.05, 0) is 18.6 Å². The Balaban J connectivity index is 2.18. The van der Waals surface area contributed by atoms with Crippen molar-refractivity contribution < 1.29 is 15.0 Å². The van der Waals surface area contributed by atoms with Gasteiger partial charge in [-0.25, -0.2) is 4.79 Å². The first-order valence-electron chi connectivity index (χ1n) is 9.21. The Morgan fingerprint density at radius 3 is 2.12 bits per heavy atom. The van der Waals surface area contributed by atoms with Crippen LogP contribution < -0.4 is 0 Å². The Labute approximate surface area is 146 Å². The highest BCUT2D eigenvalue weighted by Crippen LogP contribution is 2.20. The second kappa shape index (κ2) is 12.5. The van der Waals surface area contributed by atoms with Crippen LogP contribution in [0.4, 0.5) is 0 Å². The standard InChI is InChI=1S/C21H30O3/c1-2-3-4-5-6-7-8-9-10-11-12-13-15-18-16-14-17-19(22)20(18)21(23)24/h14,16-17,22H,2-12H2,1H3,(H,23,24). The number of carbonyl (C=O) groups is 1. The molecular weight excluding hydrogens is 300 g/mol. The summed E-state index contributed by atoms with van der Waals surface area (Å²) in [6.07, 6.45) is 13.6. The number of carboxylic acids is 1. The van der Waals surface area contributed by atoms with Crippen molar-refractivity contribution in [3.8, 4) is 17.6 Å². The molecule has 0 amide bonds. The molecule has 2 N–H and O–H groups in total. The lowest BCUT2D eigenvalue weighted by atomic mass is 10.1. The zero-order valence-electron chi connectivity index (χ0n) is 14.8. The zero-order valence-corrected chi connectivity index (χ0v) is 14.8. The average Bonchev–Trinajstić information content (AvgIpc) is 2.55. The molecule has 0 atom stereocenters. The van der Waals surface area contributed by atoms with Crippen molar-refractivity contribution in [1.82, 2.24) is 0 Å². The maximum absolute atomic E-state index is 11.1. The third-order valence-electron chi connectivity index (χ3n) is 4.13. The van der Waals surface area contributed by atoms with Crippen molar-refractivity contribution in [2.75, 3.05) is 0 Å². The number of carboxylic acid groups (broad SMARTS) is 1. The molecule has 0 unspecified atom stereocenters. The van der Waals surface area contributed by atoms with Crippen molar-refractivity contribution in [3.05, 3.63) is 29.3 Å². The van der Waals surface area contributed by atoms with E-state index in [1.165, 1.54) is 63.9 Å². The van der Waals surface area contributed by atoms with Crippen LogP contribution in [0.5, 0.6) is 5.75 Å². The van der Waals surface area contributed by atoms with Gasteiger partial charge in [0.15, 0.2) is 0 Å². The Morgan fingerprint density at radius 1 is 0.958 bits per heavy atom. The molecule has 1 rings (SSSR count). The van der Waals surface area contributed by atoms with Gasteiger partial charge in [-0.3, -0.25) is 0 Å². The van der Waals surface area contributed by atoms with Gasteiger partial charge in [0.1, 0.15) is 11.3 Å². The smallest absolute Gasteiger partial charge is 0.340 e. The lowest BCUT2D eigenvalue weighted by Crippen LogP contribution is -2.00. The molecule has 132 valence electrons. The molecule has 0 aromatic heterocycles. The Morgan fingerprint density at radius 2 is 1.54 bits per heavy atom. The predicted octanol–water partition coefficient (Wildman–Crippen LogP) is 5.75. The Bertz CT molecular complexity index is 552. The van der Waals surface area contributed by atoms with Crippen LogP contribution in [0.3, 0.4) is 0 Å². The molecule has 0 heterocycles. The number of hydrogen-bond donors (Lipinski definition) is 2. The lowest BCUT2D eigenvalue weighted by molar-refractivity contribution is 0.0693. The van der Waals surface area contributed by atoms with Crippen LogP contribution in [0.15, 0.2) is 18.2 Å². The van der Waals surface area contributed by atoms with Gasteiger partial charge in [-0.15, -0.1) is 0 Å². The molecular formula is C21H30O3. The van der Waals surface area contributed by atoms with Gasteiger partial charge >= 0.3 is 5.97 Å². The first-order chi connectivity index (χ1) is 11.7. The predicted molar refractivity (Wildman–Crippen MR) is 98.4 cm³/mol. The summed E-state index contributed by atoms with van der Waals surface area (Å²) in [5.41, 5.74) is 0.280. The normalized spacial score (nSPS) is 10.2. The summed E-state index contributed by atoms with van der Waals surface area (Å²) in [6, 6.07) is 4.62. The molecule has 0 saturated carbocycles. The molecule has 0 spiro atoms. The highest BCUT2D eigenvalue weighted by atomic mass is 16.4. The van der Waals surface area contributed by atoms with E-state index < -0.39 is 5.97 Å². The van der Waals surface area contributed by atoms with Crippen molar-refractivity contribution in [3.63, 3.8) is 0 Å². The maximum Gasteiger partial charge on any atom is 0.340 e. The number of aromatic carboxylic acids is 1. The summed E-state index contributed by atoms with van der Waals surface area (Å²) < 4.78 is 0. The van der Waals surface area contributed by atoms with E-state index in [0.717, 1.165) is 12.8 Å². The number of benzene rings is 1. The quantitative estimate of drug-likeness (QED) is 0.401. The Kier molecular flexibility index (Phi) is 10.4. The maximum atomic E-state index is 11.1. The molecule has 0 fully saturated rings. The van der Waals surface area contributed by atoms with Crippen molar-refractivity contribution >= 4 is 5.97 Å². The molecule has 3 nitrogen and oxygen atoms in total. The summed E-state index contributed by atoms with van der Waals surface area (Å²) in [4.78, 5) is 11.1. The van der Waals surface area contributed by atoms with Crippen LogP contribution in [-0.4, -0.2) is 16.2 Å². The molecule has 0 aliphatic carbocycles. The summed E-state index contributed by atoms with van der Waals surface area (Å²) in [5, 5.41) is 18.7. The number of rotatable bonds is 11. The van der Waals surface area contributed by atoms with Crippen molar-refractivity contribution in [2.24, 2.45) is 0 Å². The second-order valence-corrected chi connectivity index (χ2v) is 6.24. The zero-order chi connectivity index (χ0) is 17.6. The third kappa shape index (κ3) is 8.06. The second-order valence-electron chi connectivity index (χ2n) is 6.24. The first kappa shape index (κ1) is 20.1. The van der Waals surface area contributed by atoms with Crippen LogP contribution in [0, 0.1) is 11.8 Å². The van der Waals surface area contributed by atoms with E-state index in [4.69, 9.17) is 5.11 Å². The summed E-state index contributed by atoms with van der Waals surface area (Å²) >= 11 is 0. The van der Waals surface area contributed by atoms with Gasteiger partial charge in [0.2, 0.25) is 0 Å². The molecule has 0 saturated heterocycles. The molecule has 0 bridgehead atoms. The molecule has 24 heavy (non-hydrogen) atoms. The van der Waals surface area contributed by atoms with E-state index in [2.05, 4.69) is 18.8 Å². The SMILES string of the molecule is CCCCCCCCCCCCC#Cc1cccc(O)c1C(=O)O. The highest BCUT2D eigenvalue weighted by molar-refractivity contribution is 5.93. The van der Waals surface area contributed by atoms with E-state index in [0.29, 0.717) is 5.56 Å². The van der Waals surface area contributed by atoms with E-state index >= 15 is 0 Å². The van der Waals surface area contributed by atoms with Crippen molar-refractivity contribution in [2.45, 2.75) is 77.6 Å². The third-order valence-corrected chi connectivity index (χ3v) is 4.13. The first-order valence-corrected chi connectivity index (χ1v) is 9.21. The molecule has 0 aliphatic rings. The largest absolute Gasteiger partial charge is 0.507 e. The lowest BCUT2D eigenvalue weighted by Gasteiger charge is -2.02. The van der Waals surface area contributed by atoms with Gasteiger partial charge in [-0.2, -0.15) is 0 Å². The van der Waals surface area contributed by atoms with Gasteiger partial charge in [0.05, 0.1) is 0 Å². The Hall–Kier alpha value is -1.95. The fourth-order valence-electron chi connectivity index (χ4n) is 2.73. The summed E-state index contributed by atoms with van der Waals surface area (Å²) in [5.74, 6) is 4.53. The fourth-order valence-corrected chi connectivity index (χ4v) is 2.73. The number of hydrogen-bond acceptors (Lipinski definition) is 2. The van der Waals surface area contributed by atoms with Crippen LogP contribution in [0.25, 0.3) is 0 Å². The van der Waals surface area contributed by atoms with Gasteiger partial charge in [-0.1, -0.05) is 82.6 Å². The van der Waals surface area contributed by atoms with Crippen LogP contribution >= 0.6 is 0 Å². The average molecular weight is 330 g/mol.